The topological polar surface area (TPSA) is 123 Å². The van der Waals surface area contributed by atoms with Gasteiger partial charge in [0.2, 0.25) is 11.8 Å². The van der Waals surface area contributed by atoms with Crippen LogP contribution >= 0.6 is 7.60 Å². The second-order valence-corrected chi connectivity index (χ2v) is 8.73. The molecule has 0 aromatic carbocycles. The first kappa shape index (κ1) is 25.6. The lowest BCUT2D eigenvalue weighted by Gasteiger charge is -2.26. The number of carbonyl (C=O) groups is 3. The van der Waals surface area contributed by atoms with Crippen molar-refractivity contribution >= 4 is 25.1 Å². The van der Waals surface area contributed by atoms with E-state index in [0.717, 1.165) is 0 Å². The third-order valence-electron chi connectivity index (χ3n) is 3.66. The van der Waals surface area contributed by atoms with Crippen LogP contribution in [0.3, 0.4) is 0 Å². The van der Waals surface area contributed by atoms with Crippen LogP contribution < -0.4 is 16.0 Å². The van der Waals surface area contributed by atoms with Gasteiger partial charge in [0.1, 0.15) is 12.1 Å². The van der Waals surface area contributed by atoms with Crippen LogP contribution in [0.15, 0.2) is 0 Å². The minimum absolute atomic E-state index is 0.0256. The fraction of sp³-hybridized carbons (Fsp3) is 0.824. The Morgan fingerprint density at radius 3 is 1.81 bits per heavy atom. The van der Waals surface area contributed by atoms with Gasteiger partial charge in [-0.2, -0.15) is 0 Å². The summed E-state index contributed by atoms with van der Waals surface area (Å²) < 4.78 is 22.6. The van der Waals surface area contributed by atoms with E-state index in [9.17, 15) is 18.9 Å². The number of rotatable bonds is 12. The Labute approximate surface area is 161 Å². The second-order valence-electron chi connectivity index (χ2n) is 6.81. The summed E-state index contributed by atoms with van der Waals surface area (Å²) in [6.45, 7) is 10.6. The van der Waals surface area contributed by atoms with Crippen LogP contribution in [-0.2, 0) is 23.2 Å². The van der Waals surface area contributed by atoms with E-state index in [1.165, 1.54) is 7.05 Å². The highest BCUT2D eigenvalue weighted by Gasteiger charge is 2.38. The Balaban J connectivity index is 5.42. The summed E-state index contributed by atoms with van der Waals surface area (Å²) in [5.74, 6) is -0.944. The van der Waals surface area contributed by atoms with E-state index in [4.69, 9.17) is 9.05 Å². The Kier molecular flexibility index (Phi) is 11.5. The Morgan fingerprint density at radius 1 is 0.926 bits per heavy atom. The van der Waals surface area contributed by atoms with Crippen molar-refractivity contribution in [2.24, 2.45) is 11.8 Å². The molecule has 9 nitrogen and oxygen atoms in total. The molecule has 0 aliphatic carbocycles. The third kappa shape index (κ3) is 8.41. The molecular weight excluding hydrogens is 373 g/mol. The molecule has 0 aromatic rings. The normalized spacial score (nSPS) is 14.0. The molecule has 0 rings (SSSR count). The van der Waals surface area contributed by atoms with Gasteiger partial charge < -0.3 is 25.0 Å². The maximum atomic E-state index is 12.7. The Morgan fingerprint density at radius 2 is 1.44 bits per heavy atom. The first-order chi connectivity index (χ1) is 12.5. The van der Waals surface area contributed by atoms with Gasteiger partial charge in [-0.1, -0.05) is 27.7 Å². The number of carbonyl (C=O) groups excluding carboxylic acids is 3. The van der Waals surface area contributed by atoms with Gasteiger partial charge in [0.05, 0.1) is 13.2 Å². The molecule has 158 valence electrons. The molecule has 0 aromatic heterocycles. The largest absolute Gasteiger partial charge is 0.418 e. The van der Waals surface area contributed by atoms with E-state index in [1.54, 1.807) is 27.7 Å². The molecule has 0 heterocycles. The summed E-state index contributed by atoms with van der Waals surface area (Å²) in [6, 6.07) is -1.72. The molecule has 27 heavy (non-hydrogen) atoms. The molecule has 0 aliphatic heterocycles. The van der Waals surface area contributed by atoms with Crippen LogP contribution in [-0.4, -0.2) is 49.8 Å². The van der Waals surface area contributed by atoms with Crippen LogP contribution in [0.25, 0.3) is 0 Å². The van der Waals surface area contributed by atoms with Gasteiger partial charge in [0.25, 0.3) is 0 Å². The summed E-state index contributed by atoms with van der Waals surface area (Å²) in [6.07, 6.45) is 0.300. The molecule has 0 saturated heterocycles. The van der Waals surface area contributed by atoms with Crippen molar-refractivity contribution in [3.8, 4) is 0 Å². The zero-order valence-electron chi connectivity index (χ0n) is 17.3. The molecule has 0 fully saturated rings. The number of hydrogen-bond acceptors (Lipinski definition) is 6. The van der Waals surface area contributed by atoms with Gasteiger partial charge >= 0.3 is 13.2 Å². The average molecular weight is 407 g/mol. The zero-order valence-corrected chi connectivity index (χ0v) is 18.2. The van der Waals surface area contributed by atoms with Gasteiger partial charge in [-0.3, -0.25) is 14.4 Å². The highest BCUT2D eigenvalue weighted by Crippen LogP contribution is 2.48. The SMILES string of the molecule is CCOP(=O)(OCC)C(=O)N[C@@H](CC(C)C)C(=O)N[C@H](C(=O)NC)C(C)C. The molecule has 0 bridgehead atoms. The number of amides is 3. The van der Waals surface area contributed by atoms with Gasteiger partial charge in [-0.15, -0.1) is 0 Å². The fourth-order valence-corrected chi connectivity index (χ4v) is 3.67. The van der Waals surface area contributed by atoms with Crippen LogP contribution in [0.1, 0.15) is 48.0 Å². The summed E-state index contributed by atoms with van der Waals surface area (Å²) in [5.41, 5.74) is -0.965. The van der Waals surface area contributed by atoms with Crippen molar-refractivity contribution in [1.82, 2.24) is 16.0 Å². The highest BCUT2D eigenvalue weighted by atomic mass is 31.2. The van der Waals surface area contributed by atoms with Crippen LogP contribution in [0.4, 0.5) is 4.79 Å². The van der Waals surface area contributed by atoms with Crippen molar-refractivity contribution in [2.75, 3.05) is 20.3 Å². The standard InChI is InChI=1S/C17H34N3O6P/c1-8-25-27(24,26-9-2)17(23)19-13(10-11(3)4)15(21)20-14(12(5)6)16(22)18-7/h11-14H,8-10H2,1-7H3,(H,18,22)(H,19,23)(H,20,21)/t13-,14-/m0/s1. The highest BCUT2D eigenvalue weighted by molar-refractivity contribution is 7.71. The number of nitrogens with one attached hydrogen (secondary N) is 3. The monoisotopic (exact) mass is 407 g/mol. The zero-order chi connectivity index (χ0) is 21.2. The minimum atomic E-state index is -4.03. The van der Waals surface area contributed by atoms with E-state index in [1.807, 2.05) is 13.8 Å². The van der Waals surface area contributed by atoms with E-state index in [-0.39, 0.29) is 31.0 Å². The van der Waals surface area contributed by atoms with Gasteiger partial charge in [-0.05, 0) is 32.1 Å². The van der Waals surface area contributed by atoms with Crippen LogP contribution in [0, 0.1) is 11.8 Å². The molecule has 3 N–H and O–H groups in total. The molecular formula is C17H34N3O6P. The summed E-state index contributed by atoms with van der Waals surface area (Å²) in [4.78, 5) is 37.2. The molecule has 10 heteroatoms. The molecule has 0 radical (unpaired) electrons. The van der Waals surface area contributed by atoms with Crippen molar-refractivity contribution in [3.05, 3.63) is 0 Å². The van der Waals surface area contributed by atoms with Gasteiger partial charge in [0, 0.05) is 7.05 Å². The third-order valence-corrected chi connectivity index (χ3v) is 5.48. The van der Waals surface area contributed by atoms with Crippen LogP contribution in [0.5, 0.6) is 0 Å². The first-order valence-electron chi connectivity index (χ1n) is 9.24. The second kappa shape index (κ2) is 12.1. The van der Waals surface area contributed by atoms with E-state index < -0.39 is 31.2 Å². The first-order valence-corrected chi connectivity index (χ1v) is 10.8. The Hall–Kier alpha value is -1.44. The van der Waals surface area contributed by atoms with Crippen molar-refractivity contribution in [2.45, 2.75) is 60.0 Å². The lowest BCUT2D eigenvalue weighted by molar-refractivity contribution is -0.130. The van der Waals surface area contributed by atoms with E-state index in [0.29, 0.717) is 6.42 Å². The molecule has 0 aliphatic rings. The smallest absolute Gasteiger partial charge is 0.357 e. The lowest BCUT2D eigenvalue weighted by Crippen LogP contribution is -2.55. The summed E-state index contributed by atoms with van der Waals surface area (Å²) >= 11 is 0. The minimum Gasteiger partial charge on any atom is -0.357 e. The lowest BCUT2D eigenvalue weighted by atomic mass is 10.00. The maximum Gasteiger partial charge on any atom is 0.418 e. The van der Waals surface area contributed by atoms with Crippen molar-refractivity contribution in [3.63, 3.8) is 0 Å². The molecule has 0 unspecified atom stereocenters. The summed E-state index contributed by atoms with van der Waals surface area (Å²) in [5, 5.41) is 7.62. The maximum absolute atomic E-state index is 12.7. The number of hydrogen-bond donors (Lipinski definition) is 3. The fourth-order valence-electron chi connectivity index (χ4n) is 2.37. The van der Waals surface area contributed by atoms with Crippen molar-refractivity contribution in [1.29, 1.82) is 0 Å². The molecule has 0 saturated carbocycles. The van der Waals surface area contributed by atoms with E-state index >= 15 is 0 Å². The average Bonchev–Trinajstić information content (AvgIpc) is 2.57. The van der Waals surface area contributed by atoms with Crippen LogP contribution in [0.2, 0.25) is 0 Å². The predicted octanol–water partition coefficient (Wildman–Crippen LogP) is 2.26. The van der Waals surface area contributed by atoms with Gasteiger partial charge in [-0.25, -0.2) is 4.57 Å². The quantitative estimate of drug-likeness (QED) is 0.427. The number of likely N-dealkylation sites (N-methyl/N-ethyl adjacent to an activating group) is 1. The predicted molar refractivity (Wildman–Crippen MR) is 103 cm³/mol. The summed E-state index contributed by atoms with van der Waals surface area (Å²) in [7, 11) is -2.55. The van der Waals surface area contributed by atoms with Crippen molar-refractivity contribution < 1.29 is 28.0 Å². The molecule has 2 atom stereocenters. The van der Waals surface area contributed by atoms with E-state index in [2.05, 4.69) is 16.0 Å². The Bertz CT molecular complexity index is 543. The van der Waals surface area contributed by atoms with Gasteiger partial charge in [0.15, 0.2) is 0 Å². The molecule has 0 spiro atoms. The molecule has 3 amide bonds.